The Morgan fingerprint density at radius 3 is 2.61 bits per heavy atom. The average Bonchev–Trinajstić information content (AvgIpc) is 2.95. The molecule has 0 saturated carbocycles. The van der Waals surface area contributed by atoms with Gasteiger partial charge in [0.2, 0.25) is 0 Å². The van der Waals surface area contributed by atoms with Crippen LogP contribution in [-0.4, -0.2) is 33.9 Å². The summed E-state index contributed by atoms with van der Waals surface area (Å²) in [6, 6.07) is 7.30. The number of methoxy groups -OCH3 is 1. The maximum Gasteiger partial charge on any atom is 0.253 e. The summed E-state index contributed by atoms with van der Waals surface area (Å²) >= 11 is 0. The fourth-order valence-electron chi connectivity index (χ4n) is 3.10. The van der Waals surface area contributed by atoms with Gasteiger partial charge in [-0.15, -0.1) is 0 Å². The highest BCUT2D eigenvalue weighted by Gasteiger charge is 2.16. The van der Waals surface area contributed by atoms with E-state index in [4.69, 9.17) is 9.47 Å². The first-order chi connectivity index (χ1) is 13.3. The minimum absolute atomic E-state index is 0.0511. The Morgan fingerprint density at radius 1 is 1.18 bits per heavy atom. The second-order valence-electron chi connectivity index (χ2n) is 7.08. The summed E-state index contributed by atoms with van der Waals surface area (Å²) in [4.78, 5) is 17.1. The number of aryl methyl sites for hydroxylation is 2. The highest BCUT2D eigenvalue weighted by atomic mass is 16.5. The number of ether oxygens (including phenoxy) is 2. The van der Waals surface area contributed by atoms with E-state index in [1.54, 1.807) is 18.0 Å². The molecule has 0 aliphatic rings. The number of amides is 1. The number of pyridine rings is 1. The highest BCUT2D eigenvalue weighted by Crippen LogP contribution is 2.31. The molecule has 0 bridgehead atoms. The number of aromatic nitrogens is 3. The molecule has 28 heavy (non-hydrogen) atoms. The lowest BCUT2D eigenvalue weighted by Gasteiger charge is -2.18. The van der Waals surface area contributed by atoms with Crippen molar-refractivity contribution in [1.29, 1.82) is 0 Å². The van der Waals surface area contributed by atoms with Crippen LogP contribution in [0, 0.1) is 6.92 Å². The molecular weight excluding hydrogens is 356 g/mol. The minimum Gasteiger partial charge on any atom is -0.493 e. The van der Waals surface area contributed by atoms with Crippen LogP contribution in [0.25, 0.3) is 11.0 Å². The first-order valence-electron chi connectivity index (χ1n) is 9.25. The van der Waals surface area contributed by atoms with Gasteiger partial charge in [0.25, 0.3) is 5.91 Å². The number of carbonyl (C=O) groups excluding carboxylic acids is 1. The fourth-order valence-corrected chi connectivity index (χ4v) is 3.10. The van der Waals surface area contributed by atoms with Crippen molar-refractivity contribution in [3.05, 3.63) is 47.3 Å². The van der Waals surface area contributed by atoms with Crippen LogP contribution in [0.5, 0.6) is 11.5 Å². The predicted octanol–water partition coefficient (Wildman–Crippen LogP) is 3.56. The summed E-state index contributed by atoms with van der Waals surface area (Å²) < 4.78 is 12.9. The molecule has 0 fully saturated rings. The topological polar surface area (TPSA) is 78.3 Å². The number of benzene rings is 1. The molecule has 1 amide bonds. The summed E-state index contributed by atoms with van der Waals surface area (Å²) in [5.74, 6) is 1.13. The molecule has 1 unspecified atom stereocenters. The molecule has 0 radical (unpaired) electrons. The van der Waals surface area contributed by atoms with E-state index < -0.39 is 0 Å². The first-order valence-corrected chi connectivity index (χ1v) is 9.25. The molecule has 0 aliphatic heterocycles. The molecule has 7 heteroatoms. The van der Waals surface area contributed by atoms with Crippen molar-refractivity contribution in [2.45, 2.75) is 39.8 Å². The van der Waals surface area contributed by atoms with Crippen LogP contribution < -0.4 is 14.8 Å². The summed E-state index contributed by atoms with van der Waals surface area (Å²) in [5, 5.41) is 8.23. The molecule has 148 valence electrons. The van der Waals surface area contributed by atoms with Gasteiger partial charge in [0, 0.05) is 18.6 Å². The first kappa shape index (κ1) is 19.7. The van der Waals surface area contributed by atoms with Gasteiger partial charge in [-0.1, -0.05) is 6.07 Å². The maximum absolute atomic E-state index is 12.7. The van der Waals surface area contributed by atoms with E-state index in [9.17, 15) is 4.79 Å². The van der Waals surface area contributed by atoms with Crippen molar-refractivity contribution in [2.24, 2.45) is 7.05 Å². The van der Waals surface area contributed by atoms with E-state index >= 15 is 0 Å². The average molecular weight is 382 g/mol. The lowest BCUT2D eigenvalue weighted by molar-refractivity contribution is 0.0939. The van der Waals surface area contributed by atoms with Crippen LogP contribution in [0.2, 0.25) is 0 Å². The van der Waals surface area contributed by atoms with Crippen molar-refractivity contribution < 1.29 is 14.3 Å². The van der Waals surface area contributed by atoms with Gasteiger partial charge < -0.3 is 14.8 Å². The zero-order chi connectivity index (χ0) is 20.4. The zero-order valence-electron chi connectivity index (χ0n) is 17.1. The second-order valence-corrected chi connectivity index (χ2v) is 7.08. The Hall–Kier alpha value is -3.09. The van der Waals surface area contributed by atoms with Crippen molar-refractivity contribution in [1.82, 2.24) is 20.1 Å². The third-order valence-corrected chi connectivity index (χ3v) is 4.52. The quantitative estimate of drug-likeness (QED) is 0.705. The van der Waals surface area contributed by atoms with E-state index in [0.29, 0.717) is 17.1 Å². The summed E-state index contributed by atoms with van der Waals surface area (Å²) in [6.07, 6.45) is 1.63. The largest absolute Gasteiger partial charge is 0.493 e. The van der Waals surface area contributed by atoms with E-state index in [2.05, 4.69) is 15.4 Å². The number of carbonyl (C=O) groups is 1. The number of nitrogens with one attached hydrogen (secondary N) is 1. The van der Waals surface area contributed by atoms with Gasteiger partial charge in [-0.3, -0.25) is 9.48 Å². The third kappa shape index (κ3) is 3.93. The van der Waals surface area contributed by atoms with Crippen LogP contribution in [-0.2, 0) is 7.05 Å². The Morgan fingerprint density at radius 2 is 1.93 bits per heavy atom. The summed E-state index contributed by atoms with van der Waals surface area (Å²) in [6.45, 7) is 7.76. The van der Waals surface area contributed by atoms with Crippen molar-refractivity contribution >= 4 is 16.9 Å². The van der Waals surface area contributed by atoms with Crippen LogP contribution in [0.3, 0.4) is 0 Å². The summed E-state index contributed by atoms with van der Waals surface area (Å²) in [5.41, 5.74) is 3.03. The Labute approximate surface area is 164 Å². The van der Waals surface area contributed by atoms with Gasteiger partial charge in [0.15, 0.2) is 17.1 Å². The fraction of sp³-hybridized carbons (Fsp3) is 0.381. The molecular formula is C21H26N4O3. The standard InChI is InChI=1S/C21H26N4O3/c1-12(2)28-18-8-7-15(10-19(18)27-6)13(3)23-21(26)16-9-17-14(4)24-25(5)20(17)22-11-16/h7-13H,1-6H3,(H,23,26). The molecule has 1 atom stereocenters. The minimum atomic E-state index is -0.208. The molecule has 1 aromatic carbocycles. The Bertz CT molecular complexity index is 1010. The number of rotatable bonds is 6. The number of hydrogen-bond donors (Lipinski definition) is 1. The molecule has 0 aliphatic carbocycles. The zero-order valence-corrected chi connectivity index (χ0v) is 17.1. The lowest BCUT2D eigenvalue weighted by atomic mass is 10.1. The maximum atomic E-state index is 12.7. The molecule has 0 saturated heterocycles. The van der Waals surface area contributed by atoms with Crippen LogP contribution in [0.15, 0.2) is 30.5 Å². The van der Waals surface area contributed by atoms with Gasteiger partial charge in [-0.25, -0.2) is 4.98 Å². The monoisotopic (exact) mass is 382 g/mol. The van der Waals surface area contributed by atoms with Crippen molar-refractivity contribution in [3.63, 3.8) is 0 Å². The predicted molar refractivity (Wildman–Crippen MR) is 108 cm³/mol. The summed E-state index contributed by atoms with van der Waals surface area (Å²) in [7, 11) is 3.44. The third-order valence-electron chi connectivity index (χ3n) is 4.52. The van der Waals surface area contributed by atoms with E-state index in [-0.39, 0.29) is 18.1 Å². The van der Waals surface area contributed by atoms with E-state index in [1.807, 2.05) is 59.0 Å². The van der Waals surface area contributed by atoms with E-state index in [0.717, 1.165) is 22.3 Å². The van der Waals surface area contributed by atoms with Crippen molar-refractivity contribution in [3.8, 4) is 11.5 Å². The molecule has 3 aromatic rings. The molecule has 2 aromatic heterocycles. The second kappa shape index (κ2) is 7.88. The van der Waals surface area contributed by atoms with Crippen LogP contribution >= 0.6 is 0 Å². The van der Waals surface area contributed by atoms with Gasteiger partial charge in [-0.2, -0.15) is 5.10 Å². The van der Waals surface area contributed by atoms with Gasteiger partial charge in [-0.05, 0) is 51.5 Å². The molecule has 2 heterocycles. The highest BCUT2D eigenvalue weighted by molar-refractivity contribution is 5.97. The smallest absolute Gasteiger partial charge is 0.253 e. The lowest BCUT2D eigenvalue weighted by Crippen LogP contribution is -2.26. The van der Waals surface area contributed by atoms with Gasteiger partial charge in [0.05, 0.1) is 30.5 Å². The normalized spacial score (nSPS) is 12.2. The van der Waals surface area contributed by atoms with Gasteiger partial charge >= 0.3 is 0 Å². The molecule has 1 N–H and O–H groups in total. The Balaban J connectivity index is 1.79. The van der Waals surface area contributed by atoms with Crippen molar-refractivity contribution in [2.75, 3.05) is 7.11 Å². The number of hydrogen-bond acceptors (Lipinski definition) is 5. The molecule has 7 nitrogen and oxygen atoms in total. The molecule has 3 rings (SSSR count). The van der Waals surface area contributed by atoms with Crippen LogP contribution in [0.4, 0.5) is 0 Å². The number of nitrogens with zero attached hydrogens (tertiary/aromatic N) is 3. The van der Waals surface area contributed by atoms with Crippen LogP contribution in [0.1, 0.15) is 48.4 Å². The molecule has 0 spiro atoms. The van der Waals surface area contributed by atoms with Gasteiger partial charge in [0.1, 0.15) is 0 Å². The Kier molecular flexibility index (Phi) is 5.53. The number of fused-ring (bicyclic) bond motifs is 1. The van der Waals surface area contributed by atoms with E-state index in [1.165, 1.54) is 0 Å². The SMILES string of the molecule is COc1cc(C(C)NC(=O)c2cnc3c(c2)c(C)nn3C)ccc1OC(C)C.